The predicted octanol–water partition coefficient (Wildman–Crippen LogP) is 6.14. The molecule has 5 heteroatoms. The molecule has 5 saturated carbocycles. The molecule has 5 aliphatic carbocycles. The summed E-state index contributed by atoms with van der Waals surface area (Å²) in [6.45, 7) is 9.83. The number of aliphatic hydroxyl groups is 2. The third-order valence-electron chi connectivity index (χ3n) is 12.4. The molecule has 2 N–H and O–H groups in total. The molecule has 11 atom stereocenters. The summed E-state index contributed by atoms with van der Waals surface area (Å²) in [4.78, 5) is 4.67. The van der Waals surface area contributed by atoms with Gasteiger partial charge in [0.2, 0.25) is 5.89 Å². The molecule has 0 bridgehead atoms. The zero-order chi connectivity index (χ0) is 24.5. The SMILES string of the molecule is CC[C@@H]1C2C[C@H](O)CC[C@]2(C)[C@H]2CC[C@]3(C)[C@@H]([C@H](C)CCc4nc(C5CC5)no4)CC[C@H]3[C@@H]2[C@@H]1O. The molecule has 0 aromatic carbocycles. The lowest BCUT2D eigenvalue weighted by molar-refractivity contribution is -0.203. The Morgan fingerprint density at radius 3 is 2.46 bits per heavy atom. The summed E-state index contributed by atoms with van der Waals surface area (Å²) in [5.74, 6) is 6.15. The number of hydrogen-bond donors (Lipinski definition) is 2. The molecule has 1 aromatic heterocycles. The first-order valence-corrected chi connectivity index (χ1v) is 14.9. The molecule has 0 amide bonds. The summed E-state index contributed by atoms with van der Waals surface area (Å²) >= 11 is 0. The van der Waals surface area contributed by atoms with Crippen molar-refractivity contribution >= 4 is 0 Å². The molecule has 5 fully saturated rings. The molecular weight excluding hydrogens is 436 g/mol. The third kappa shape index (κ3) is 3.85. The summed E-state index contributed by atoms with van der Waals surface area (Å²) in [5.41, 5.74) is 0.608. The lowest BCUT2D eigenvalue weighted by atomic mass is 9.41. The van der Waals surface area contributed by atoms with Crippen LogP contribution in [0.5, 0.6) is 0 Å². The van der Waals surface area contributed by atoms with Gasteiger partial charge in [0.25, 0.3) is 0 Å². The Bertz CT molecular complexity index is 913. The minimum absolute atomic E-state index is 0.171. The average molecular weight is 485 g/mol. The van der Waals surface area contributed by atoms with Crippen LogP contribution in [0, 0.1) is 52.3 Å². The van der Waals surface area contributed by atoms with Gasteiger partial charge < -0.3 is 14.7 Å². The highest BCUT2D eigenvalue weighted by Gasteiger charge is 2.64. The molecule has 0 radical (unpaired) electrons. The van der Waals surface area contributed by atoms with Crippen LogP contribution in [0.15, 0.2) is 4.52 Å². The normalized spacial score (nSPS) is 48.2. The average Bonchev–Trinajstić information content (AvgIpc) is 3.47. The number of rotatable bonds is 6. The van der Waals surface area contributed by atoms with Crippen molar-refractivity contribution in [3.8, 4) is 0 Å². The van der Waals surface area contributed by atoms with Gasteiger partial charge in [-0.2, -0.15) is 4.98 Å². The number of fused-ring (bicyclic) bond motifs is 5. The van der Waals surface area contributed by atoms with E-state index in [0.29, 0.717) is 52.8 Å². The molecule has 1 heterocycles. The van der Waals surface area contributed by atoms with E-state index in [9.17, 15) is 10.2 Å². The Hall–Kier alpha value is -0.940. The molecule has 196 valence electrons. The highest BCUT2D eigenvalue weighted by molar-refractivity contribution is 5.13. The molecule has 0 aliphatic heterocycles. The minimum atomic E-state index is -0.203. The summed E-state index contributed by atoms with van der Waals surface area (Å²) < 4.78 is 5.58. The van der Waals surface area contributed by atoms with E-state index in [4.69, 9.17) is 4.52 Å². The first-order valence-electron chi connectivity index (χ1n) is 14.9. The lowest BCUT2D eigenvalue weighted by Gasteiger charge is -2.64. The minimum Gasteiger partial charge on any atom is -0.393 e. The van der Waals surface area contributed by atoms with Crippen LogP contribution in [0.1, 0.15) is 116 Å². The van der Waals surface area contributed by atoms with Crippen molar-refractivity contribution in [2.45, 2.75) is 123 Å². The van der Waals surface area contributed by atoms with Gasteiger partial charge in [0.1, 0.15) is 0 Å². The number of nitrogens with zero attached hydrogens (tertiary/aromatic N) is 2. The Kier molecular flexibility index (Phi) is 6.15. The molecule has 1 unspecified atom stereocenters. The summed E-state index contributed by atoms with van der Waals surface area (Å²) in [6.07, 6.45) is 13.2. The van der Waals surface area contributed by atoms with E-state index < -0.39 is 0 Å². The van der Waals surface area contributed by atoms with Crippen molar-refractivity contribution in [2.75, 3.05) is 0 Å². The van der Waals surface area contributed by atoms with Crippen LogP contribution in [-0.2, 0) is 6.42 Å². The van der Waals surface area contributed by atoms with E-state index in [2.05, 4.69) is 37.8 Å². The van der Waals surface area contributed by atoms with E-state index in [1.165, 1.54) is 38.5 Å². The van der Waals surface area contributed by atoms with Crippen molar-refractivity contribution in [1.82, 2.24) is 10.1 Å². The number of hydrogen-bond acceptors (Lipinski definition) is 5. The Labute approximate surface area is 211 Å². The number of aromatic nitrogens is 2. The van der Waals surface area contributed by atoms with E-state index in [-0.39, 0.29) is 17.6 Å². The first kappa shape index (κ1) is 24.4. The van der Waals surface area contributed by atoms with Crippen LogP contribution in [0.25, 0.3) is 0 Å². The maximum Gasteiger partial charge on any atom is 0.226 e. The second-order valence-corrected chi connectivity index (χ2v) is 14.0. The smallest absolute Gasteiger partial charge is 0.226 e. The summed E-state index contributed by atoms with van der Waals surface area (Å²) in [7, 11) is 0. The fourth-order valence-electron chi connectivity index (χ4n) is 10.4. The van der Waals surface area contributed by atoms with Crippen LogP contribution in [0.3, 0.4) is 0 Å². The predicted molar refractivity (Wildman–Crippen MR) is 136 cm³/mol. The van der Waals surface area contributed by atoms with E-state index in [0.717, 1.165) is 50.2 Å². The maximum absolute atomic E-state index is 11.9. The van der Waals surface area contributed by atoms with Gasteiger partial charge in [0.15, 0.2) is 5.82 Å². The highest BCUT2D eigenvalue weighted by atomic mass is 16.5. The maximum atomic E-state index is 11.9. The largest absolute Gasteiger partial charge is 0.393 e. The monoisotopic (exact) mass is 484 g/mol. The fraction of sp³-hybridized carbons (Fsp3) is 0.933. The molecular formula is C30H48N2O3. The van der Waals surface area contributed by atoms with E-state index >= 15 is 0 Å². The molecule has 0 saturated heterocycles. The summed E-state index contributed by atoms with van der Waals surface area (Å²) in [6, 6.07) is 0. The lowest BCUT2D eigenvalue weighted by Crippen LogP contribution is -2.62. The van der Waals surface area contributed by atoms with Gasteiger partial charge in [-0.25, -0.2) is 0 Å². The molecule has 5 nitrogen and oxygen atoms in total. The van der Waals surface area contributed by atoms with Gasteiger partial charge in [-0.05, 0) is 116 Å². The first-order chi connectivity index (χ1) is 16.8. The fourth-order valence-corrected chi connectivity index (χ4v) is 10.4. The molecule has 5 aliphatic rings. The van der Waals surface area contributed by atoms with Gasteiger partial charge >= 0.3 is 0 Å². The number of aliphatic hydroxyl groups excluding tert-OH is 2. The van der Waals surface area contributed by atoms with E-state index in [1.54, 1.807) is 0 Å². The zero-order valence-electron chi connectivity index (χ0n) is 22.5. The molecule has 35 heavy (non-hydrogen) atoms. The highest BCUT2D eigenvalue weighted by Crippen LogP contribution is 2.69. The van der Waals surface area contributed by atoms with Gasteiger partial charge in [-0.15, -0.1) is 0 Å². The van der Waals surface area contributed by atoms with Gasteiger partial charge in [0.05, 0.1) is 12.2 Å². The van der Waals surface area contributed by atoms with Crippen LogP contribution in [0.2, 0.25) is 0 Å². The summed E-state index contributed by atoms with van der Waals surface area (Å²) in [5, 5.41) is 26.6. The zero-order valence-corrected chi connectivity index (χ0v) is 22.5. The van der Waals surface area contributed by atoms with Crippen molar-refractivity contribution in [3.63, 3.8) is 0 Å². The van der Waals surface area contributed by atoms with Gasteiger partial charge in [-0.1, -0.05) is 39.3 Å². The number of aryl methyl sites for hydroxylation is 1. The van der Waals surface area contributed by atoms with Crippen LogP contribution >= 0.6 is 0 Å². The van der Waals surface area contributed by atoms with Crippen molar-refractivity contribution in [1.29, 1.82) is 0 Å². The van der Waals surface area contributed by atoms with E-state index in [1.807, 2.05) is 0 Å². The Balaban J connectivity index is 1.19. The van der Waals surface area contributed by atoms with Crippen LogP contribution in [0.4, 0.5) is 0 Å². The standard InChI is InChI=1S/C30H48N2O3/c1-5-20-24-16-19(33)12-14-30(24,4)23-13-15-29(3)21(9-10-22(29)26(23)27(20)34)17(2)6-11-25-31-28(32-35-25)18-7-8-18/h17-24,26-27,33-34H,5-16H2,1-4H3/t17-,19-,20-,21-,22+,23+,24?,26+,27-,29-,30-/m1/s1. The van der Waals surface area contributed by atoms with Crippen molar-refractivity contribution in [3.05, 3.63) is 11.7 Å². The topological polar surface area (TPSA) is 79.4 Å². The van der Waals surface area contributed by atoms with Crippen molar-refractivity contribution < 1.29 is 14.7 Å². The second kappa shape index (κ2) is 8.82. The van der Waals surface area contributed by atoms with Crippen molar-refractivity contribution in [2.24, 2.45) is 52.3 Å². The Morgan fingerprint density at radius 1 is 0.971 bits per heavy atom. The van der Waals surface area contributed by atoms with Gasteiger partial charge in [0, 0.05) is 12.3 Å². The van der Waals surface area contributed by atoms with Gasteiger partial charge in [-0.3, -0.25) is 0 Å². The third-order valence-corrected chi connectivity index (χ3v) is 12.4. The Morgan fingerprint density at radius 2 is 1.71 bits per heavy atom. The van der Waals surface area contributed by atoms with Crippen LogP contribution in [-0.4, -0.2) is 32.6 Å². The van der Waals surface area contributed by atoms with Crippen LogP contribution < -0.4 is 0 Å². The molecule has 6 rings (SSSR count). The quantitative estimate of drug-likeness (QED) is 0.507. The second-order valence-electron chi connectivity index (χ2n) is 14.0. The molecule has 0 spiro atoms. The molecule has 1 aromatic rings.